The molecule has 0 spiro atoms. The number of benzene rings is 1. The molecule has 6 heteroatoms. The maximum absolute atomic E-state index is 12.1. The molecule has 0 aliphatic heterocycles. The van der Waals surface area contributed by atoms with Crippen molar-refractivity contribution in [2.75, 3.05) is 0 Å². The third-order valence-electron chi connectivity index (χ3n) is 1.93. The van der Waals surface area contributed by atoms with E-state index in [-0.39, 0.29) is 11.3 Å². The van der Waals surface area contributed by atoms with Gasteiger partial charge in [0.1, 0.15) is 5.75 Å². The van der Waals surface area contributed by atoms with Crippen LogP contribution in [0.4, 0.5) is 13.2 Å². The topological polar surface area (TPSA) is 66.5 Å². The lowest BCUT2D eigenvalue weighted by Gasteiger charge is -2.21. The number of aliphatic hydroxyl groups is 1. The van der Waals surface area contributed by atoms with Crippen LogP contribution in [0.3, 0.4) is 0 Å². The Morgan fingerprint density at radius 1 is 1.27 bits per heavy atom. The van der Waals surface area contributed by atoms with Gasteiger partial charge in [0.25, 0.3) is 0 Å². The number of hydrogen-bond donors (Lipinski definition) is 3. The molecule has 15 heavy (non-hydrogen) atoms. The van der Waals surface area contributed by atoms with Crippen molar-refractivity contribution in [2.45, 2.75) is 18.3 Å². The van der Waals surface area contributed by atoms with Gasteiger partial charge in [-0.25, -0.2) is 0 Å². The molecule has 0 bridgehead atoms. The molecule has 0 fully saturated rings. The molecular formula is C9H10F3NO2. The first-order chi connectivity index (χ1) is 6.82. The Labute approximate surface area is 84.0 Å². The Kier molecular flexibility index (Phi) is 3.21. The standard InChI is InChI=1S/C9H10F3NO2/c10-9(11,12)8(15)7(13)5-2-1-3-6(14)4-5/h1-4,7-8,14-15H,13H2/t7-,8-/m0/s1. The summed E-state index contributed by atoms with van der Waals surface area (Å²) in [4.78, 5) is 0. The molecule has 0 saturated carbocycles. The Morgan fingerprint density at radius 2 is 1.87 bits per heavy atom. The largest absolute Gasteiger partial charge is 0.508 e. The third-order valence-corrected chi connectivity index (χ3v) is 1.93. The zero-order valence-electron chi connectivity index (χ0n) is 7.57. The van der Waals surface area contributed by atoms with Crippen LogP contribution in [0.2, 0.25) is 0 Å². The summed E-state index contributed by atoms with van der Waals surface area (Å²) in [6, 6.07) is 3.44. The molecule has 0 radical (unpaired) electrons. The van der Waals surface area contributed by atoms with E-state index in [0.29, 0.717) is 0 Å². The summed E-state index contributed by atoms with van der Waals surface area (Å²) in [7, 11) is 0. The van der Waals surface area contributed by atoms with Gasteiger partial charge in [0, 0.05) is 0 Å². The van der Waals surface area contributed by atoms with Crippen molar-refractivity contribution in [3.8, 4) is 5.75 Å². The van der Waals surface area contributed by atoms with E-state index in [1.54, 1.807) is 0 Å². The van der Waals surface area contributed by atoms with E-state index < -0.39 is 18.3 Å². The maximum atomic E-state index is 12.1. The fourth-order valence-electron chi connectivity index (χ4n) is 1.12. The molecule has 84 valence electrons. The van der Waals surface area contributed by atoms with Gasteiger partial charge in [-0.15, -0.1) is 0 Å². The van der Waals surface area contributed by atoms with Crippen molar-refractivity contribution in [3.63, 3.8) is 0 Å². The van der Waals surface area contributed by atoms with Crippen LogP contribution in [-0.4, -0.2) is 22.5 Å². The zero-order valence-corrected chi connectivity index (χ0v) is 7.57. The Morgan fingerprint density at radius 3 is 2.33 bits per heavy atom. The van der Waals surface area contributed by atoms with Gasteiger partial charge in [0.2, 0.25) is 0 Å². The lowest BCUT2D eigenvalue weighted by Crippen LogP contribution is -2.38. The van der Waals surface area contributed by atoms with Crippen LogP contribution in [0.15, 0.2) is 24.3 Å². The van der Waals surface area contributed by atoms with Crippen molar-refractivity contribution in [1.82, 2.24) is 0 Å². The molecule has 0 aromatic heterocycles. The summed E-state index contributed by atoms with van der Waals surface area (Å²) in [5.41, 5.74) is 5.24. The van der Waals surface area contributed by atoms with Crippen LogP contribution < -0.4 is 5.73 Å². The number of alkyl halides is 3. The molecule has 0 saturated heterocycles. The number of phenols is 1. The first-order valence-electron chi connectivity index (χ1n) is 4.11. The number of aromatic hydroxyl groups is 1. The smallest absolute Gasteiger partial charge is 0.416 e. The van der Waals surface area contributed by atoms with Crippen LogP contribution in [0.5, 0.6) is 5.75 Å². The molecule has 0 unspecified atom stereocenters. The van der Waals surface area contributed by atoms with Crippen molar-refractivity contribution >= 4 is 0 Å². The number of hydrogen-bond acceptors (Lipinski definition) is 3. The Hall–Kier alpha value is -1.27. The van der Waals surface area contributed by atoms with Gasteiger partial charge < -0.3 is 15.9 Å². The van der Waals surface area contributed by atoms with Crippen molar-refractivity contribution in [2.24, 2.45) is 5.73 Å². The summed E-state index contributed by atoms with van der Waals surface area (Å²) in [6.45, 7) is 0. The number of halogens is 3. The lowest BCUT2D eigenvalue weighted by molar-refractivity contribution is -0.210. The maximum Gasteiger partial charge on any atom is 0.416 e. The molecule has 2 atom stereocenters. The van der Waals surface area contributed by atoms with Gasteiger partial charge in [-0.3, -0.25) is 0 Å². The van der Waals surface area contributed by atoms with Gasteiger partial charge in [-0.1, -0.05) is 12.1 Å². The summed E-state index contributed by atoms with van der Waals surface area (Å²) in [5, 5.41) is 17.9. The highest BCUT2D eigenvalue weighted by Crippen LogP contribution is 2.29. The number of aliphatic hydroxyl groups excluding tert-OH is 1. The highest BCUT2D eigenvalue weighted by atomic mass is 19.4. The second-order valence-electron chi connectivity index (χ2n) is 3.11. The van der Waals surface area contributed by atoms with E-state index in [4.69, 9.17) is 15.9 Å². The summed E-state index contributed by atoms with van der Waals surface area (Å²) in [5.74, 6) is -0.197. The van der Waals surface area contributed by atoms with Crippen molar-refractivity contribution in [1.29, 1.82) is 0 Å². The molecule has 4 N–H and O–H groups in total. The lowest BCUT2D eigenvalue weighted by atomic mass is 10.0. The summed E-state index contributed by atoms with van der Waals surface area (Å²) < 4.78 is 36.3. The first-order valence-corrected chi connectivity index (χ1v) is 4.11. The van der Waals surface area contributed by atoms with Gasteiger partial charge in [-0.05, 0) is 17.7 Å². The van der Waals surface area contributed by atoms with Gasteiger partial charge in [0.05, 0.1) is 6.04 Å². The highest BCUT2D eigenvalue weighted by Gasteiger charge is 2.42. The predicted octanol–water partition coefficient (Wildman–Crippen LogP) is 1.32. The molecule has 1 aromatic carbocycles. The van der Waals surface area contributed by atoms with E-state index >= 15 is 0 Å². The van der Waals surface area contributed by atoms with Crippen LogP contribution >= 0.6 is 0 Å². The second-order valence-corrected chi connectivity index (χ2v) is 3.11. The van der Waals surface area contributed by atoms with E-state index in [1.807, 2.05) is 0 Å². The van der Waals surface area contributed by atoms with Gasteiger partial charge in [0.15, 0.2) is 6.10 Å². The quantitative estimate of drug-likeness (QED) is 0.705. The number of phenolic OH excluding ortho intramolecular Hbond substituents is 1. The zero-order chi connectivity index (χ0) is 11.6. The second kappa shape index (κ2) is 4.08. The van der Waals surface area contributed by atoms with Gasteiger partial charge in [-0.2, -0.15) is 13.2 Å². The first kappa shape index (κ1) is 11.8. The molecule has 1 rings (SSSR count). The average molecular weight is 221 g/mol. The fourth-order valence-corrected chi connectivity index (χ4v) is 1.12. The van der Waals surface area contributed by atoms with Gasteiger partial charge >= 0.3 is 6.18 Å². The fraction of sp³-hybridized carbons (Fsp3) is 0.333. The highest BCUT2D eigenvalue weighted by molar-refractivity contribution is 5.29. The third kappa shape index (κ3) is 2.84. The normalized spacial score (nSPS) is 16.1. The molecule has 0 heterocycles. The van der Waals surface area contributed by atoms with Crippen LogP contribution in [-0.2, 0) is 0 Å². The average Bonchev–Trinajstić information content (AvgIpc) is 2.14. The monoisotopic (exact) mass is 221 g/mol. The molecule has 0 aliphatic carbocycles. The van der Waals surface area contributed by atoms with Crippen LogP contribution in [0.1, 0.15) is 11.6 Å². The van der Waals surface area contributed by atoms with E-state index in [2.05, 4.69) is 0 Å². The van der Waals surface area contributed by atoms with Crippen LogP contribution in [0.25, 0.3) is 0 Å². The van der Waals surface area contributed by atoms with Crippen LogP contribution in [0, 0.1) is 0 Å². The minimum absolute atomic E-state index is 0.0276. The SMILES string of the molecule is N[C@@H](c1cccc(O)c1)[C@H](O)C(F)(F)F. The number of rotatable bonds is 2. The van der Waals surface area contributed by atoms with E-state index in [0.717, 1.165) is 6.07 Å². The summed E-state index contributed by atoms with van der Waals surface area (Å²) in [6.07, 6.45) is -7.41. The van der Waals surface area contributed by atoms with E-state index in [9.17, 15) is 13.2 Å². The minimum atomic E-state index is -4.77. The van der Waals surface area contributed by atoms with Crippen molar-refractivity contribution in [3.05, 3.63) is 29.8 Å². The Bertz CT molecular complexity index is 340. The molecule has 1 aromatic rings. The summed E-state index contributed by atoms with van der Waals surface area (Å²) >= 11 is 0. The molecule has 3 nitrogen and oxygen atoms in total. The minimum Gasteiger partial charge on any atom is -0.508 e. The Balaban J connectivity index is 2.90. The molecule has 0 amide bonds. The molecular weight excluding hydrogens is 211 g/mol. The van der Waals surface area contributed by atoms with E-state index in [1.165, 1.54) is 18.2 Å². The number of nitrogens with two attached hydrogens (primary N) is 1. The molecule has 0 aliphatic rings. The predicted molar refractivity (Wildman–Crippen MR) is 47.1 cm³/mol. The van der Waals surface area contributed by atoms with Crippen molar-refractivity contribution < 1.29 is 23.4 Å².